The molecular formula is C64H68. The molecule has 64 heavy (non-hydrogen) atoms. The first-order valence-electron chi connectivity index (χ1n) is 23.6. The maximum atomic E-state index is 2.56. The molecule has 0 spiro atoms. The number of benzene rings is 9. The molecule has 9 aromatic rings. The van der Waals surface area contributed by atoms with E-state index in [9.17, 15) is 0 Å². The van der Waals surface area contributed by atoms with Gasteiger partial charge in [-0.25, -0.2) is 0 Å². The summed E-state index contributed by atoms with van der Waals surface area (Å²) < 4.78 is 0. The van der Waals surface area contributed by atoms with Crippen LogP contribution in [0.3, 0.4) is 0 Å². The Hall–Kier alpha value is -5.72. The molecule has 0 radical (unpaired) electrons. The van der Waals surface area contributed by atoms with Gasteiger partial charge in [-0.2, -0.15) is 0 Å². The van der Waals surface area contributed by atoms with Gasteiger partial charge in [0.1, 0.15) is 0 Å². The van der Waals surface area contributed by atoms with E-state index in [-0.39, 0.29) is 0 Å². The highest BCUT2D eigenvalue weighted by molar-refractivity contribution is 6.35. The SMILES string of the molecule is Cc1c(C)c(C)c(-c2cc3cc(-c4c(C)c(C)c(C)c(C)c4C)cc4c5cc(-c6c(C)c(C)c(C)c(C)c6C)cc6cc(-c7c(C)c(C)c(C)c(C)c7C)cc(c(c2)c34)c65)c(C)c1C. The third-order valence-electron chi connectivity index (χ3n) is 17.8. The standard InChI is InChI=1S/C64H68/c1-29-33(5)41(13)59(42(14)34(29)6)51-21-49-22-52(60-43(15)35(7)30(2)36(8)44(60)16)27-57-58-28-54(62-47(19)39(11)32(4)40(12)48(62)20)24-50-23-53(26-56(64(50)58)55(25-51)63(49)57)61-45(17)37(9)31(3)38(10)46(61)18/h21-28H,1-20H3. The van der Waals surface area contributed by atoms with Gasteiger partial charge in [-0.3, -0.25) is 0 Å². The molecule has 0 atom stereocenters. The van der Waals surface area contributed by atoms with Crippen molar-refractivity contribution in [2.45, 2.75) is 138 Å². The number of hydrogen-bond donors (Lipinski definition) is 0. The van der Waals surface area contributed by atoms with Crippen molar-refractivity contribution >= 4 is 43.1 Å². The summed E-state index contributed by atoms with van der Waals surface area (Å²) in [6, 6.07) is 20.4. The molecule has 0 saturated carbocycles. The van der Waals surface area contributed by atoms with Crippen LogP contribution in [-0.4, -0.2) is 0 Å². The van der Waals surface area contributed by atoms with Crippen molar-refractivity contribution in [1.29, 1.82) is 0 Å². The van der Waals surface area contributed by atoms with Gasteiger partial charge in [0.05, 0.1) is 0 Å². The average Bonchev–Trinajstić information content (AvgIpc) is 3.27. The van der Waals surface area contributed by atoms with Gasteiger partial charge in [0, 0.05) is 0 Å². The largest absolute Gasteiger partial charge is 0.0464 e. The molecule has 0 aliphatic carbocycles. The zero-order chi connectivity index (χ0) is 46.4. The lowest BCUT2D eigenvalue weighted by molar-refractivity contribution is 1.18. The van der Waals surface area contributed by atoms with Crippen molar-refractivity contribution in [1.82, 2.24) is 0 Å². The lowest BCUT2D eigenvalue weighted by atomic mass is 9.79. The molecule has 0 heterocycles. The molecule has 0 nitrogen and oxygen atoms in total. The minimum Gasteiger partial charge on any atom is -0.0464 e. The summed E-state index contributed by atoms with van der Waals surface area (Å²) in [5.74, 6) is 0. The molecule has 0 amide bonds. The van der Waals surface area contributed by atoms with Gasteiger partial charge >= 0.3 is 0 Å². The Morgan fingerprint density at radius 2 is 0.312 bits per heavy atom. The Balaban J connectivity index is 1.57. The van der Waals surface area contributed by atoms with Gasteiger partial charge in [0.2, 0.25) is 0 Å². The predicted octanol–water partition coefficient (Wildman–Crippen LogP) is 18.6. The second-order valence-electron chi connectivity index (χ2n) is 20.3. The predicted molar refractivity (Wildman–Crippen MR) is 284 cm³/mol. The van der Waals surface area contributed by atoms with E-state index >= 15 is 0 Å². The fourth-order valence-electron chi connectivity index (χ4n) is 12.2. The highest BCUT2D eigenvalue weighted by Gasteiger charge is 2.25. The Morgan fingerprint density at radius 3 is 0.469 bits per heavy atom. The van der Waals surface area contributed by atoms with Crippen molar-refractivity contribution in [2.75, 3.05) is 0 Å². The van der Waals surface area contributed by atoms with Gasteiger partial charge in [0.25, 0.3) is 0 Å². The van der Waals surface area contributed by atoms with Gasteiger partial charge in [-0.15, -0.1) is 0 Å². The fraction of sp³-hybridized carbons (Fsp3) is 0.312. The Morgan fingerprint density at radius 1 is 0.172 bits per heavy atom. The lowest BCUT2D eigenvalue weighted by Gasteiger charge is -2.25. The van der Waals surface area contributed by atoms with Gasteiger partial charge in [-0.05, 0) is 386 Å². The fourth-order valence-corrected chi connectivity index (χ4v) is 12.2. The third kappa shape index (κ3) is 5.93. The highest BCUT2D eigenvalue weighted by Crippen LogP contribution is 2.50. The molecule has 0 aliphatic rings. The van der Waals surface area contributed by atoms with E-state index in [2.05, 4.69) is 187 Å². The van der Waals surface area contributed by atoms with Crippen LogP contribution >= 0.6 is 0 Å². The molecule has 0 unspecified atom stereocenters. The molecule has 324 valence electrons. The normalized spacial score (nSPS) is 12.1. The minimum absolute atomic E-state index is 1.31. The Labute approximate surface area is 384 Å². The van der Waals surface area contributed by atoms with E-state index in [1.807, 2.05) is 0 Å². The maximum absolute atomic E-state index is 2.56. The number of rotatable bonds is 4. The summed E-state index contributed by atoms with van der Waals surface area (Å²) in [6.07, 6.45) is 0. The highest BCUT2D eigenvalue weighted by atomic mass is 14.3. The van der Waals surface area contributed by atoms with E-state index in [1.54, 1.807) is 0 Å². The topological polar surface area (TPSA) is 0 Å². The van der Waals surface area contributed by atoms with Gasteiger partial charge < -0.3 is 0 Å². The van der Waals surface area contributed by atoms with Crippen molar-refractivity contribution in [2.24, 2.45) is 0 Å². The van der Waals surface area contributed by atoms with Crippen LogP contribution in [-0.2, 0) is 0 Å². The van der Waals surface area contributed by atoms with Crippen LogP contribution in [0, 0.1) is 138 Å². The molecule has 0 fully saturated rings. The Kier molecular flexibility index (Phi) is 10.1. The van der Waals surface area contributed by atoms with Crippen molar-refractivity contribution in [3.63, 3.8) is 0 Å². The number of fused-ring (bicyclic) bond motifs is 2. The number of hydrogen-bond acceptors (Lipinski definition) is 0. The molecule has 0 bridgehead atoms. The summed E-state index contributed by atoms with van der Waals surface area (Å²) in [4.78, 5) is 0. The van der Waals surface area contributed by atoms with Crippen molar-refractivity contribution in [3.8, 4) is 44.5 Å². The molecule has 0 saturated heterocycles. The van der Waals surface area contributed by atoms with Crippen LogP contribution in [0.4, 0.5) is 0 Å². The molecule has 0 aliphatic heterocycles. The zero-order valence-electron chi connectivity index (χ0n) is 42.6. The average molecular weight is 837 g/mol. The first-order chi connectivity index (χ1) is 30.1. The van der Waals surface area contributed by atoms with Crippen LogP contribution in [0.5, 0.6) is 0 Å². The quantitative estimate of drug-likeness (QED) is 0.122. The van der Waals surface area contributed by atoms with Gasteiger partial charge in [-0.1, -0.05) is 0 Å². The first-order valence-corrected chi connectivity index (χ1v) is 23.6. The third-order valence-corrected chi connectivity index (χ3v) is 17.8. The van der Waals surface area contributed by atoms with E-state index in [1.165, 1.54) is 199 Å². The van der Waals surface area contributed by atoms with Gasteiger partial charge in [0.15, 0.2) is 0 Å². The summed E-state index contributed by atoms with van der Waals surface area (Å²) in [6.45, 7) is 46.4. The molecule has 0 heteroatoms. The summed E-state index contributed by atoms with van der Waals surface area (Å²) in [5.41, 5.74) is 38.5. The van der Waals surface area contributed by atoms with E-state index in [4.69, 9.17) is 0 Å². The molecule has 0 N–H and O–H groups in total. The van der Waals surface area contributed by atoms with Crippen molar-refractivity contribution < 1.29 is 0 Å². The summed E-state index contributed by atoms with van der Waals surface area (Å²) in [7, 11) is 0. The van der Waals surface area contributed by atoms with Crippen LogP contribution in [0.1, 0.15) is 111 Å². The second-order valence-corrected chi connectivity index (χ2v) is 20.3. The van der Waals surface area contributed by atoms with E-state index in [0.29, 0.717) is 0 Å². The monoisotopic (exact) mass is 837 g/mol. The molecular weight excluding hydrogens is 769 g/mol. The molecule has 9 rings (SSSR count). The summed E-state index contributed by atoms with van der Waals surface area (Å²) in [5, 5.41) is 10.7. The van der Waals surface area contributed by atoms with E-state index < -0.39 is 0 Å². The van der Waals surface area contributed by atoms with Crippen LogP contribution in [0.15, 0.2) is 48.5 Å². The van der Waals surface area contributed by atoms with Crippen LogP contribution in [0.25, 0.3) is 87.6 Å². The lowest BCUT2D eigenvalue weighted by Crippen LogP contribution is -2.02. The smallest absolute Gasteiger partial charge is 0.00255 e. The molecule has 9 aromatic carbocycles. The van der Waals surface area contributed by atoms with Crippen molar-refractivity contribution in [3.05, 3.63) is 160 Å². The first kappa shape index (κ1) is 43.5. The second kappa shape index (κ2) is 14.9. The summed E-state index contributed by atoms with van der Waals surface area (Å²) >= 11 is 0. The Bertz CT molecular complexity index is 2980. The minimum atomic E-state index is 1.31. The van der Waals surface area contributed by atoms with Crippen LogP contribution in [0.2, 0.25) is 0 Å². The van der Waals surface area contributed by atoms with Crippen LogP contribution < -0.4 is 0 Å². The molecule has 0 aromatic heterocycles. The van der Waals surface area contributed by atoms with E-state index in [0.717, 1.165) is 0 Å². The maximum Gasteiger partial charge on any atom is -0.00255 e. The zero-order valence-corrected chi connectivity index (χ0v) is 42.6.